The highest BCUT2D eigenvalue weighted by Gasteiger charge is 2.20. The summed E-state index contributed by atoms with van der Waals surface area (Å²) in [6, 6.07) is 15.4. The minimum atomic E-state index is -2.41. The molecule has 2 aromatic carbocycles. The van der Waals surface area contributed by atoms with Crippen LogP contribution < -0.4 is 10.6 Å². The molecule has 0 saturated carbocycles. The SMILES string of the molecule is FC(F)Sc1ccc(NC(=S)N[C@H]2CCSc3ccccc32)cc1. The molecular weight excluding hydrogens is 366 g/mol. The first-order valence-electron chi connectivity index (χ1n) is 7.46. The fourth-order valence-electron chi connectivity index (χ4n) is 2.54. The molecule has 0 aliphatic carbocycles. The van der Waals surface area contributed by atoms with Crippen molar-refractivity contribution in [2.24, 2.45) is 0 Å². The third kappa shape index (κ3) is 4.62. The Hall–Kier alpha value is -1.31. The zero-order chi connectivity index (χ0) is 16.9. The summed E-state index contributed by atoms with van der Waals surface area (Å²) in [4.78, 5) is 1.82. The highest BCUT2D eigenvalue weighted by molar-refractivity contribution is 7.99. The molecule has 0 fully saturated rings. The Morgan fingerprint density at radius 2 is 1.92 bits per heavy atom. The Bertz CT molecular complexity index is 707. The number of thiocarbonyl (C=S) groups is 1. The second-order valence-electron chi connectivity index (χ2n) is 5.23. The van der Waals surface area contributed by atoms with E-state index in [9.17, 15) is 8.78 Å². The van der Waals surface area contributed by atoms with Crippen molar-refractivity contribution in [3.8, 4) is 0 Å². The zero-order valence-electron chi connectivity index (χ0n) is 12.7. The standard InChI is InChI=1S/C17H16F2N2S3/c18-16(19)24-12-7-5-11(6-8-12)20-17(22)21-14-9-10-23-15-4-2-1-3-13(14)15/h1-8,14,16H,9-10H2,(H2,20,21,22)/t14-/m0/s1. The Morgan fingerprint density at radius 3 is 2.67 bits per heavy atom. The van der Waals surface area contributed by atoms with E-state index in [0.717, 1.165) is 17.9 Å². The summed E-state index contributed by atoms with van der Waals surface area (Å²) in [5, 5.41) is 7.01. The molecule has 0 unspecified atom stereocenters. The second kappa shape index (κ2) is 8.18. The molecule has 1 aliphatic heterocycles. The molecule has 1 aliphatic rings. The summed E-state index contributed by atoms with van der Waals surface area (Å²) in [5.74, 6) is -1.35. The van der Waals surface area contributed by atoms with Gasteiger partial charge in [0.2, 0.25) is 0 Å². The molecule has 0 bridgehead atoms. The minimum absolute atomic E-state index is 0.191. The Labute approximate surface area is 153 Å². The van der Waals surface area contributed by atoms with Crippen molar-refractivity contribution < 1.29 is 8.78 Å². The maximum Gasteiger partial charge on any atom is 0.288 e. The number of alkyl halides is 2. The summed E-state index contributed by atoms with van der Waals surface area (Å²) < 4.78 is 24.7. The highest BCUT2D eigenvalue weighted by Crippen LogP contribution is 2.35. The molecule has 1 heterocycles. The number of thioether (sulfide) groups is 2. The van der Waals surface area contributed by atoms with E-state index in [1.54, 1.807) is 24.3 Å². The topological polar surface area (TPSA) is 24.1 Å². The van der Waals surface area contributed by atoms with Gasteiger partial charge in [-0.3, -0.25) is 0 Å². The minimum Gasteiger partial charge on any atom is -0.356 e. The van der Waals surface area contributed by atoms with E-state index in [1.807, 2.05) is 23.9 Å². The van der Waals surface area contributed by atoms with E-state index >= 15 is 0 Å². The lowest BCUT2D eigenvalue weighted by Gasteiger charge is -2.27. The van der Waals surface area contributed by atoms with Crippen LogP contribution in [0.3, 0.4) is 0 Å². The number of halogens is 2. The number of fused-ring (bicyclic) bond motifs is 1. The molecular formula is C17H16F2N2S3. The third-order valence-electron chi connectivity index (χ3n) is 3.60. The van der Waals surface area contributed by atoms with Gasteiger partial charge in [0.05, 0.1) is 6.04 Å². The zero-order valence-corrected chi connectivity index (χ0v) is 15.1. The van der Waals surface area contributed by atoms with Gasteiger partial charge in [0.15, 0.2) is 5.11 Å². The van der Waals surface area contributed by atoms with Crippen molar-refractivity contribution in [2.45, 2.75) is 28.0 Å². The third-order valence-corrected chi connectivity index (χ3v) is 5.67. The smallest absolute Gasteiger partial charge is 0.288 e. The van der Waals surface area contributed by atoms with E-state index in [4.69, 9.17) is 12.2 Å². The van der Waals surface area contributed by atoms with Crippen molar-refractivity contribution in [1.82, 2.24) is 5.32 Å². The van der Waals surface area contributed by atoms with Crippen LogP contribution in [0.4, 0.5) is 14.5 Å². The molecule has 1 atom stereocenters. The van der Waals surface area contributed by atoms with Gasteiger partial charge < -0.3 is 10.6 Å². The van der Waals surface area contributed by atoms with Crippen LogP contribution in [0.1, 0.15) is 18.0 Å². The van der Waals surface area contributed by atoms with E-state index in [-0.39, 0.29) is 6.04 Å². The molecule has 0 amide bonds. The monoisotopic (exact) mass is 382 g/mol. The van der Waals surface area contributed by atoms with E-state index in [1.165, 1.54) is 10.5 Å². The lowest BCUT2D eigenvalue weighted by atomic mass is 10.0. The number of benzene rings is 2. The second-order valence-corrected chi connectivity index (χ2v) is 7.84. The average molecular weight is 383 g/mol. The molecule has 2 N–H and O–H groups in total. The number of rotatable bonds is 4. The summed E-state index contributed by atoms with van der Waals surface area (Å²) in [6.45, 7) is 0. The Balaban J connectivity index is 1.60. The average Bonchev–Trinajstić information content (AvgIpc) is 2.56. The van der Waals surface area contributed by atoms with E-state index in [0.29, 0.717) is 21.8 Å². The van der Waals surface area contributed by atoms with Crippen LogP contribution in [0.25, 0.3) is 0 Å². The van der Waals surface area contributed by atoms with Crippen LogP contribution in [0, 0.1) is 0 Å². The van der Waals surface area contributed by atoms with Crippen LogP contribution in [0.15, 0.2) is 58.3 Å². The number of hydrogen-bond acceptors (Lipinski definition) is 3. The molecule has 0 radical (unpaired) electrons. The van der Waals surface area contributed by atoms with Crippen LogP contribution >= 0.6 is 35.7 Å². The van der Waals surface area contributed by atoms with Gasteiger partial charge >= 0.3 is 0 Å². The van der Waals surface area contributed by atoms with Gasteiger partial charge in [-0.05, 0) is 54.5 Å². The molecule has 7 heteroatoms. The fraction of sp³-hybridized carbons (Fsp3) is 0.235. The van der Waals surface area contributed by atoms with Crippen LogP contribution in [-0.2, 0) is 0 Å². The predicted octanol–water partition coefficient (Wildman–Crippen LogP) is 5.52. The van der Waals surface area contributed by atoms with Crippen LogP contribution in [0.2, 0.25) is 0 Å². The predicted molar refractivity (Wildman–Crippen MR) is 102 cm³/mol. The lowest BCUT2D eigenvalue weighted by Crippen LogP contribution is -2.33. The normalized spacial score (nSPS) is 16.5. The van der Waals surface area contributed by atoms with Gasteiger partial charge in [0.1, 0.15) is 0 Å². The first kappa shape index (κ1) is 17.5. The number of nitrogens with one attached hydrogen (secondary N) is 2. The van der Waals surface area contributed by atoms with Crippen molar-refractivity contribution in [1.29, 1.82) is 0 Å². The molecule has 0 spiro atoms. The molecule has 24 heavy (non-hydrogen) atoms. The quantitative estimate of drug-likeness (QED) is 0.535. The van der Waals surface area contributed by atoms with Gasteiger partial charge in [0.25, 0.3) is 5.76 Å². The van der Waals surface area contributed by atoms with Crippen molar-refractivity contribution in [2.75, 3.05) is 11.1 Å². The Kier molecular flexibility index (Phi) is 5.97. The maximum absolute atomic E-state index is 12.3. The van der Waals surface area contributed by atoms with E-state index in [2.05, 4.69) is 22.8 Å². The summed E-state index contributed by atoms with van der Waals surface area (Å²) >= 11 is 7.79. The van der Waals surface area contributed by atoms with Crippen molar-refractivity contribution in [3.05, 3.63) is 54.1 Å². The molecule has 0 aromatic heterocycles. The van der Waals surface area contributed by atoms with Gasteiger partial charge in [-0.2, -0.15) is 8.78 Å². The molecule has 0 saturated heterocycles. The van der Waals surface area contributed by atoms with Crippen molar-refractivity contribution in [3.63, 3.8) is 0 Å². The molecule has 2 nitrogen and oxygen atoms in total. The molecule has 126 valence electrons. The maximum atomic E-state index is 12.3. The first-order valence-corrected chi connectivity index (χ1v) is 9.73. The molecule has 3 rings (SSSR count). The lowest BCUT2D eigenvalue weighted by molar-refractivity contribution is 0.252. The summed E-state index contributed by atoms with van der Waals surface area (Å²) in [6.07, 6.45) is 1.01. The first-order chi connectivity index (χ1) is 11.6. The van der Waals surface area contributed by atoms with Gasteiger partial charge in [-0.15, -0.1) is 11.8 Å². The number of hydrogen-bond donors (Lipinski definition) is 2. The van der Waals surface area contributed by atoms with Crippen molar-refractivity contribution >= 4 is 46.5 Å². The largest absolute Gasteiger partial charge is 0.356 e. The fourth-order valence-corrected chi connectivity index (χ4v) is 4.42. The molecule has 2 aromatic rings. The van der Waals surface area contributed by atoms with Gasteiger partial charge in [-0.1, -0.05) is 30.0 Å². The number of anilines is 1. The summed E-state index contributed by atoms with van der Waals surface area (Å²) in [7, 11) is 0. The van der Waals surface area contributed by atoms with Crippen LogP contribution in [-0.4, -0.2) is 16.6 Å². The van der Waals surface area contributed by atoms with Crippen LogP contribution in [0.5, 0.6) is 0 Å². The Morgan fingerprint density at radius 1 is 1.17 bits per heavy atom. The van der Waals surface area contributed by atoms with Gasteiger partial charge in [-0.25, -0.2) is 0 Å². The summed E-state index contributed by atoms with van der Waals surface area (Å²) in [5.41, 5.74) is 2.05. The van der Waals surface area contributed by atoms with Gasteiger partial charge in [0, 0.05) is 21.2 Å². The van der Waals surface area contributed by atoms with E-state index < -0.39 is 5.76 Å². The highest BCUT2D eigenvalue weighted by atomic mass is 32.2.